The van der Waals surface area contributed by atoms with Crippen LogP contribution in [0.2, 0.25) is 0 Å². The van der Waals surface area contributed by atoms with Gasteiger partial charge in [-0.25, -0.2) is 0 Å². The highest BCUT2D eigenvalue weighted by Gasteiger charge is 2.05. The van der Waals surface area contributed by atoms with E-state index in [1.165, 1.54) is 32.2 Å². The summed E-state index contributed by atoms with van der Waals surface area (Å²) in [6, 6.07) is 0. The maximum atomic E-state index is 11.4. The smallest absolute Gasteiger partial charge is 0.135 e. The van der Waals surface area contributed by atoms with E-state index in [-0.39, 0.29) is 5.92 Å². The van der Waals surface area contributed by atoms with Crippen molar-refractivity contribution in [1.82, 2.24) is 4.90 Å². The molecule has 0 amide bonds. The lowest BCUT2D eigenvalue weighted by Crippen LogP contribution is -2.18. The third-order valence-electron chi connectivity index (χ3n) is 3.15. The topological polar surface area (TPSA) is 20.3 Å². The first-order chi connectivity index (χ1) is 7.57. The van der Waals surface area contributed by atoms with Crippen LogP contribution in [0.4, 0.5) is 0 Å². The highest BCUT2D eigenvalue weighted by atomic mass is 16.1. The Morgan fingerprint density at radius 3 is 2.19 bits per heavy atom. The van der Waals surface area contributed by atoms with E-state index in [9.17, 15) is 4.79 Å². The number of hydrogen-bond donors (Lipinski definition) is 0. The average molecular weight is 227 g/mol. The molecule has 0 aliphatic rings. The molecule has 0 bridgehead atoms. The van der Waals surface area contributed by atoms with Crippen molar-refractivity contribution in [2.75, 3.05) is 20.1 Å². The molecule has 2 nitrogen and oxygen atoms in total. The van der Waals surface area contributed by atoms with E-state index in [2.05, 4.69) is 18.9 Å². The second-order valence-electron chi connectivity index (χ2n) is 5.03. The fourth-order valence-electron chi connectivity index (χ4n) is 1.66. The van der Waals surface area contributed by atoms with Gasteiger partial charge >= 0.3 is 0 Å². The normalized spacial score (nSPS) is 11.4. The van der Waals surface area contributed by atoms with Crippen molar-refractivity contribution < 1.29 is 4.79 Å². The van der Waals surface area contributed by atoms with E-state index in [0.717, 1.165) is 19.4 Å². The fourth-order valence-corrected chi connectivity index (χ4v) is 1.66. The molecule has 0 unspecified atom stereocenters. The summed E-state index contributed by atoms with van der Waals surface area (Å²) in [5.74, 6) is 0.643. The highest BCUT2D eigenvalue weighted by Crippen LogP contribution is 2.09. The summed E-state index contributed by atoms with van der Waals surface area (Å²) in [6.45, 7) is 8.52. The quantitative estimate of drug-likeness (QED) is 0.532. The Labute approximate surface area is 101 Å². The Balaban J connectivity index is 3.19. The predicted octanol–water partition coefficient (Wildman–Crippen LogP) is 3.50. The highest BCUT2D eigenvalue weighted by molar-refractivity contribution is 5.80. The third-order valence-corrected chi connectivity index (χ3v) is 3.15. The van der Waals surface area contributed by atoms with Gasteiger partial charge in [0.25, 0.3) is 0 Å². The van der Waals surface area contributed by atoms with Crippen LogP contribution in [0.3, 0.4) is 0 Å². The molecule has 2 heteroatoms. The Kier molecular flexibility index (Phi) is 9.60. The zero-order valence-corrected chi connectivity index (χ0v) is 11.6. The molecule has 0 saturated heterocycles. The van der Waals surface area contributed by atoms with E-state index < -0.39 is 0 Å². The molecule has 0 atom stereocenters. The zero-order valence-electron chi connectivity index (χ0n) is 11.6. The summed E-state index contributed by atoms with van der Waals surface area (Å²) in [6.07, 6.45) is 6.97. The summed E-state index contributed by atoms with van der Waals surface area (Å²) in [7, 11) is 2.17. The molecule has 0 rings (SSSR count). The van der Waals surface area contributed by atoms with E-state index in [1.807, 2.05) is 13.8 Å². The fraction of sp³-hybridized carbons (Fsp3) is 0.929. The molecule has 96 valence electrons. The molecule has 0 aromatic rings. The van der Waals surface area contributed by atoms with Gasteiger partial charge in [-0.3, -0.25) is 4.79 Å². The summed E-state index contributed by atoms with van der Waals surface area (Å²) >= 11 is 0. The molecule has 0 spiro atoms. The lowest BCUT2D eigenvalue weighted by molar-refractivity contribution is -0.122. The molecule has 16 heavy (non-hydrogen) atoms. The monoisotopic (exact) mass is 227 g/mol. The van der Waals surface area contributed by atoms with Crippen LogP contribution >= 0.6 is 0 Å². The minimum atomic E-state index is 0.221. The Hall–Kier alpha value is -0.370. The van der Waals surface area contributed by atoms with Gasteiger partial charge in [-0.2, -0.15) is 0 Å². The summed E-state index contributed by atoms with van der Waals surface area (Å²) < 4.78 is 0. The Morgan fingerprint density at radius 2 is 1.62 bits per heavy atom. The number of carbonyl (C=O) groups excluding carboxylic acids is 1. The molecular weight excluding hydrogens is 198 g/mol. The van der Waals surface area contributed by atoms with Crippen molar-refractivity contribution in [3.05, 3.63) is 0 Å². The maximum absolute atomic E-state index is 11.4. The van der Waals surface area contributed by atoms with E-state index in [1.54, 1.807) is 0 Å². The van der Waals surface area contributed by atoms with Gasteiger partial charge < -0.3 is 4.90 Å². The molecule has 0 aromatic heterocycles. The van der Waals surface area contributed by atoms with E-state index >= 15 is 0 Å². The number of carbonyl (C=O) groups is 1. The molecule has 0 fully saturated rings. The van der Waals surface area contributed by atoms with Gasteiger partial charge in [0.1, 0.15) is 5.78 Å². The molecule has 0 aromatic carbocycles. The molecule has 0 saturated carbocycles. The molecule has 0 aliphatic heterocycles. The minimum absolute atomic E-state index is 0.221. The van der Waals surface area contributed by atoms with Crippen molar-refractivity contribution in [3.8, 4) is 0 Å². The second-order valence-corrected chi connectivity index (χ2v) is 5.03. The van der Waals surface area contributed by atoms with E-state index in [4.69, 9.17) is 0 Å². The predicted molar refractivity (Wildman–Crippen MR) is 70.7 cm³/mol. The standard InChI is InChI=1S/C14H29NO/c1-5-15(4)12-10-8-6-7-9-11-14(16)13(2)3/h13H,5-12H2,1-4H3. The summed E-state index contributed by atoms with van der Waals surface area (Å²) in [5, 5.41) is 0. The number of hydrogen-bond acceptors (Lipinski definition) is 2. The van der Waals surface area contributed by atoms with E-state index in [0.29, 0.717) is 5.78 Å². The first-order valence-corrected chi connectivity index (χ1v) is 6.79. The second kappa shape index (κ2) is 9.83. The maximum Gasteiger partial charge on any atom is 0.135 e. The first-order valence-electron chi connectivity index (χ1n) is 6.79. The van der Waals surface area contributed by atoms with Crippen molar-refractivity contribution in [1.29, 1.82) is 0 Å². The number of rotatable bonds is 10. The van der Waals surface area contributed by atoms with Gasteiger partial charge in [0.15, 0.2) is 0 Å². The third kappa shape index (κ3) is 8.90. The van der Waals surface area contributed by atoms with Gasteiger partial charge in [-0.15, -0.1) is 0 Å². The lowest BCUT2D eigenvalue weighted by atomic mass is 10.0. The minimum Gasteiger partial charge on any atom is -0.307 e. The molecular formula is C14H29NO. The Morgan fingerprint density at radius 1 is 1.06 bits per heavy atom. The number of Topliss-reactive ketones (excluding diaryl/α,β-unsaturated/α-hetero) is 1. The van der Waals surface area contributed by atoms with Crippen LogP contribution in [0.25, 0.3) is 0 Å². The molecule has 0 radical (unpaired) electrons. The van der Waals surface area contributed by atoms with Gasteiger partial charge in [-0.1, -0.05) is 40.0 Å². The average Bonchev–Trinajstić information content (AvgIpc) is 2.26. The first kappa shape index (κ1) is 15.6. The van der Waals surface area contributed by atoms with Crippen LogP contribution in [0.1, 0.15) is 59.3 Å². The van der Waals surface area contributed by atoms with Gasteiger partial charge in [-0.05, 0) is 33.0 Å². The van der Waals surface area contributed by atoms with Crippen LogP contribution in [0, 0.1) is 5.92 Å². The number of ketones is 1. The largest absolute Gasteiger partial charge is 0.307 e. The van der Waals surface area contributed by atoms with Crippen LogP contribution < -0.4 is 0 Å². The van der Waals surface area contributed by atoms with Crippen molar-refractivity contribution >= 4 is 5.78 Å². The van der Waals surface area contributed by atoms with Crippen LogP contribution in [-0.2, 0) is 4.79 Å². The van der Waals surface area contributed by atoms with Crippen molar-refractivity contribution in [2.45, 2.75) is 59.3 Å². The SMILES string of the molecule is CCN(C)CCCCCCCC(=O)C(C)C. The van der Waals surface area contributed by atoms with Crippen molar-refractivity contribution in [2.24, 2.45) is 5.92 Å². The van der Waals surface area contributed by atoms with Crippen LogP contribution in [0.15, 0.2) is 0 Å². The van der Waals surface area contributed by atoms with Gasteiger partial charge in [0.2, 0.25) is 0 Å². The zero-order chi connectivity index (χ0) is 12.4. The molecule has 0 N–H and O–H groups in total. The lowest BCUT2D eigenvalue weighted by Gasteiger charge is -2.12. The number of unbranched alkanes of at least 4 members (excludes halogenated alkanes) is 4. The van der Waals surface area contributed by atoms with Gasteiger partial charge in [0, 0.05) is 12.3 Å². The Bertz CT molecular complexity index is 178. The van der Waals surface area contributed by atoms with Crippen molar-refractivity contribution in [3.63, 3.8) is 0 Å². The van der Waals surface area contributed by atoms with Crippen LogP contribution in [-0.4, -0.2) is 30.8 Å². The van der Waals surface area contributed by atoms with Gasteiger partial charge in [0.05, 0.1) is 0 Å². The molecule has 0 aliphatic carbocycles. The van der Waals surface area contributed by atoms with Crippen LogP contribution in [0.5, 0.6) is 0 Å². The number of nitrogens with zero attached hydrogens (tertiary/aromatic N) is 1. The summed E-state index contributed by atoms with van der Waals surface area (Å²) in [4.78, 5) is 13.7. The molecule has 0 heterocycles. The summed E-state index contributed by atoms with van der Waals surface area (Å²) in [5.41, 5.74) is 0.